The Labute approximate surface area is 159 Å². The maximum absolute atomic E-state index is 13.3. The van der Waals surface area contributed by atoms with Crippen LogP contribution in [0.2, 0.25) is 0 Å². The van der Waals surface area contributed by atoms with Crippen molar-refractivity contribution >= 4 is 24.4 Å². The van der Waals surface area contributed by atoms with Crippen LogP contribution in [0.3, 0.4) is 0 Å². The number of thioether (sulfide) groups is 1. The molecule has 2 aromatic carbocycles. The van der Waals surface area contributed by atoms with E-state index in [0.717, 1.165) is 0 Å². The third kappa shape index (κ3) is 6.87. The minimum absolute atomic E-state index is 0.0346. The van der Waals surface area contributed by atoms with Crippen LogP contribution in [0.25, 0.3) is 0 Å². The summed E-state index contributed by atoms with van der Waals surface area (Å²) in [7, 11) is -3.46. The zero-order valence-electron chi connectivity index (χ0n) is 15.2. The minimum Gasteiger partial charge on any atom is -0.415 e. The Bertz CT molecular complexity index is 697. The highest BCUT2D eigenvalue weighted by Gasteiger charge is 2.29. The van der Waals surface area contributed by atoms with Crippen molar-refractivity contribution in [3.05, 3.63) is 60.7 Å². The molecule has 2 aromatic rings. The second kappa shape index (κ2) is 9.81. The molecule has 0 amide bonds. The Morgan fingerprint density at radius 3 is 1.92 bits per heavy atom. The first-order chi connectivity index (χ1) is 12.4. The number of benzene rings is 2. The van der Waals surface area contributed by atoms with Crippen LogP contribution in [0.5, 0.6) is 11.5 Å². The average Bonchev–Trinajstić information content (AvgIpc) is 2.61. The van der Waals surface area contributed by atoms with Crippen molar-refractivity contribution in [3.63, 3.8) is 0 Å². The maximum atomic E-state index is 13.3. The van der Waals surface area contributed by atoms with Gasteiger partial charge in [0.15, 0.2) is 0 Å². The van der Waals surface area contributed by atoms with Gasteiger partial charge in [-0.3, -0.25) is 5.41 Å². The number of hydrogen-bond donors (Lipinski definition) is 2. The van der Waals surface area contributed by atoms with Gasteiger partial charge >= 0.3 is 7.60 Å². The molecule has 0 aromatic heterocycles. The average molecular weight is 392 g/mol. The van der Waals surface area contributed by atoms with Gasteiger partial charge in [-0.1, -0.05) is 43.3 Å². The molecule has 0 aliphatic rings. The number of nitrogens with one attached hydrogen (secondary N) is 2. The largest absolute Gasteiger partial charge is 0.444 e. The Hall–Kier alpha value is -1.75. The molecular formula is C19H25N2O3PS. The first kappa shape index (κ1) is 20.6. The minimum atomic E-state index is -3.46. The predicted molar refractivity (Wildman–Crippen MR) is 110 cm³/mol. The predicted octanol–water partition coefficient (Wildman–Crippen LogP) is 5.39. The number of rotatable bonds is 9. The summed E-state index contributed by atoms with van der Waals surface area (Å²) in [5.74, 6) is 0.998. The van der Waals surface area contributed by atoms with Crippen molar-refractivity contribution in [3.8, 4) is 11.5 Å². The Morgan fingerprint density at radius 2 is 1.50 bits per heavy atom. The van der Waals surface area contributed by atoms with E-state index in [1.165, 1.54) is 11.8 Å². The molecule has 140 valence electrons. The summed E-state index contributed by atoms with van der Waals surface area (Å²) >= 11 is 1.47. The highest BCUT2D eigenvalue weighted by Crippen LogP contribution is 2.47. The van der Waals surface area contributed by atoms with Crippen LogP contribution >= 0.6 is 19.4 Å². The highest BCUT2D eigenvalue weighted by atomic mass is 32.2. The fourth-order valence-electron chi connectivity index (χ4n) is 2.17. The van der Waals surface area contributed by atoms with Gasteiger partial charge in [0.25, 0.3) is 0 Å². The van der Waals surface area contributed by atoms with Crippen molar-refractivity contribution in [2.75, 3.05) is 6.29 Å². The van der Waals surface area contributed by atoms with Gasteiger partial charge < -0.3 is 14.4 Å². The summed E-state index contributed by atoms with van der Waals surface area (Å²) in [4.78, 5) is 0. The smallest absolute Gasteiger partial charge is 0.415 e. The van der Waals surface area contributed by atoms with Crippen LogP contribution in [-0.4, -0.2) is 22.6 Å². The molecule has 2 N–H and O–H groups in total. The van der Waals surface area contributed by atoms with Crippen LogP contribution in [0, 0.1) is 5.41 Å². The van der Waals surface area contributed by atoms with Crippen molar-refractivity contribution in [1.82, 2.24) is 5.32 Å². The lowest BCUT2D eigenvalue weighted by atomic mass is 10.3. The Morgan fingerprint density at radius 1 is 1.04 bits per heavy atom. The molecule has 0 fully saturated rings. The van der Waals surface area contributed by atoms with Gasteiger partial charge in [-0.25, -0.2) is 4.57 Å². The van der Waals surface area contributed by atoms with Crippen LogP contribution in [0.15, 0.2) is 60.7 Å². The molecule has 0 saturated heterocycles. The van der Waals surface area contributed by atoms with Crippen molar-refractivity contribution < 1.29 is 13.6 Å². The molecule has 26 heavy (non-hydrogen) atoms. The standard InChI is InChI=1S/C19H25N2O3PS/c1-15(16(2)26-17(3)20)21-14-25(22,23-18-10-6-4-7-11-18)24-19-12-8-5-9-13-19/h4-13,15-16,20-21H,14H2,1-3H3. The normalized spacial score (nSPS) is 13.7. The van der Waals surface area contributed by atoms with E-state index >= 15 is 0 Å². The zero-order valence-corrected chi connectivity index (χ0v) is 16.9. The fourth-order valence-corrected chi connectivity index (χ4v) is 4.59. The highest BCUT2D eigenvalue weighted by molar-refractivity contribution is 8.14. The summed E-state index contributed by atoms with van der Waals surface area (Å²) in [6, 6.07) is 18.1. The number of hydrogen-bond acceptors (Lipinski definition) is 6. The van der Waals surface area contributed by atoms with Gasteiger partial charge in [0.05, 0.1) is 5.04 Å². The Kier molecular flexibility index (Phi) is 7.76. The Balaban J connectivity index is 2.09. The summed E-state index contributed by atoms with van der Waals surface area (Å²) in [5, 5.41) is 11.6. The molecule has 0 saturated carbocycles. The van der Waals surface area contributed by atoms with E-state index in [-0.39, 0.29) is 17.6 Å². The van der Waals surface area contributed by atoms with Gasteiger partial charge in [-0.2, -0.15) is 0 Å². The molecule has 7 heteroatoms. The van der Waals surface area contributed by atoms with E-state index < -0.39 is 7.60 Å². The van der Waals surface area contributed by atoms with Crippen molar-refractivity contribution in [1.29, 1.82) is 5.41 Å². The zero-order chi connectivity index (χ0) is 19.0. The first-order valence-corrected chi connectivity index (χ1v) is 11.0. The molecule has 0 heterocycles. The maximum Gasteiger partial charge on any atom is 0.444 e. The van der Waals surface area contributed by atoms with Crippen LogP contribution < -0.4 is 14.4 Å². The third-order valence-electron chi connectivity index (χ3n) is 3.65. The lowest BCUT2D eigenvalue weighted by Crippen LogP contribution is -2.36. The van der Waals surface area contributed by atoms with E-state index in [1.807, 2.05) is 50.2 Å². The topological polar surface area (TPSA) is 71.4 Å². The summed E-state index contributed by atoms with van der Waals surface area (Å²) in [6.07, 6.45) is 0.0693. The van der Waals surface area contributed by atoms with Crippen LogP contribution in [-0.2, 0) is 4.57 Å². The van der Waals surface area contributed by atoms with Gasteiger partial charge in [-0.15, -0.1) is 11.8 Å². The summed E-state index contributed by atoms with van der Waals surface area (Å²) < 4.78 is 24.8. The molecular weight excluding hydrogens is 367 g/mol. The third-order valence-corrected chi connectivity index (χ3v) is 6.33. The first-order valence-electron chi connectivity index (χ1n) is 8.41. The quantitative estimate of drug-likeness (QED) is 0.340. The molecule has 0 radical (unpaired) electrons. The van der Waals surface area contributed by atoms with E-state index in [0.29, 0.717) is 16.5 Å². The van der Waals surface area contributed by atoms with Crippen molar-refractivity contribution in [2.24, 2.45) is 0 Å². The summed E-state index contributed by atoms with van der Waals surface area (Å²) in [5.41, 5.74) is 0. The second-order valence-corrected chi connectivity index (χ2v) is 9.44. The van der Waals surface area contributed by atoms with Gasteiger partial charge in [0.1, 0.15) is 17.8 Å². The van der Waals surface area contributed by atoms with Crippen LogP contribution in [0.4, 0.5) is 0 Å². The second-order valence-electron chi connectivity index (χ2n) is 5.95. The van der Waals surface area contributed by atoms with E-state index in [1.54, 1.807) is 31.2 Å². The molecule has 5 nitrogen and oxygen atoms in total. The van der Waals surface area contributed by atoms with E-state index in [2.05, 4.69) is 5.32 Å². The lowest BCUT2D eigenvalue weighted by Gasteiger charge is -2.25. The molecule has 0 bridgehead atoms. The monoisotopic (exact) mass is 392 g/mol. The molecule has 2 rings (SSSR count). The summed E-state index contributed by atoms with van der Waals surface area (Å²) in [6.45, 7) is 5.78. The van der Waals surface area contributed by atoms with Crippen LogP contribution in [0.1, 0.15) is 20.8 Å². The van der Waals surface area contributed by atoms with Gasteiger partial charge in [0, 0.05) is 11.3 Å². The molecule has 0 spiro atoms. The van der Waals surface area contributed by atoms with Gasteiger partial charge in [0.2, 0.25) is 0 Å². The van der Waals surface area contributed by atoms with Crippen molar-refractivity contribution in [2.45, 2.75) is 32.1 Å². The van der Waals surface area contributed by atoms with E-state index in [4.69, 9.17) is 14.5 Å². The van der Waals surface area contributed by atoms with Gasteiger partial charge in [-0.05, 0) is 38.1 Å². The molecule has 0 aliphatic carbocycles. The molecule has 0 aliphatic heterocycles. The molecule has 2 atom stereocenters. The fraction of sp³-hybridized carbons (Fsp3) is 0.316. The van der Waals surface area contributed by atoms with E-state index in [9.17, 15) is 4.57 Å². The SMILES string of the molecule is CC(=N)SC(C)C(C)NCP(=O)(Oc1ccccc1)Oc1ccccc1. The molecule has 2 unspecified atom stereocenters. The lowest BCUT2D eigenvalue weighted by molar-refractivity contribution is 0.376. The number of para-hydroxylation sites is 2.